The third kappa shape index (κ3) is 2.50. The van der Waals surface area contributed by atoms with Crippen molar-refractivity contribution in [2.45, 2.75) is 6.42 Å². The van der Waals surface area contributed by atoms with E-state index in [-0.39, 0.29) is 0 Å². The Labute approximate surface area is 93.4 Å². The highest BCUT2D eigenvalue weighted by molar-refractivity contribution is 7.80. The first-order valence-corrected chi connectivity index (χ1v) is 5.08. The summed E-state index contributed by atoms with van der Waals surface area (Å²) in [6.07, 6.45) is 0.684. The lowest BCUT2D eigenvalue weighted by molar-refractivity contribution is 0.174. The Hall–Kier alpha value is -1.49. The minimum atomic E-state index is 0.297. The van der Waals surface area contributed by atoms with Crippen LogP contribution >= 0.6 is 12.2 Å². The van der Waals surface area contributed by atoms with Gasteiger partial charge in [0.15, 0.2) is 11.5 Å². The summed E-state index contributed by atoms with van der Waals surface area (Å²) in [6, 6.07) is 5.72. The Morgan fingerprint density at radius 1 is 1.40 bits per heavy atom. The smallest absolute Gasteiger partial charge is 0.231 e. The first-order valence-electron chi connectivity index (χ1n) is 4.67. The second-order valence-electron chi connectivity index (χ2n) is 3.21. The molecule has 2 rings (SSSR count). The molecule has 5 heteroatoms. The van der Waals surface area contributed by atoms with Crippen LogP contribution < -0.4 is 20.5 Å². The lowest BCUT2D eigenvalue weighted by Crippen LogP contribution is -2.13. The standard InChI is InChI=1S/C10H12N2O2S/c11-10(15)3-4-12-7-1-2-8-9(5-7)14-6-13-8/h1-2,5,12H,3-4,6H2,(H2,11,15). The van der Waals surface area contributed by atoms with Crippen molar-refractivity contribution in [3.05, 3.63) is 18.2 Å². The van der Waals surface area contributed by atoms with Gasteiger partial charge in [-0.1, -0.05) is 12.2 Å². The minimum absolute atomic E-state index is 0.297. The molecule has 1 aromatic carbocycles. The average Bonchev–Trinajstić information content (AvgIpc) is 2.64. The van der Waals surface area contributed by atoms with E-state index in [2.05, 4.69) is 5.32 Å². The van der Waals surface area contributed by atoms with Gasteiger partial charge >= 0.3 is 0 Å². The predicted molar refractivity (Wildman–Crippen MR) is 62.5 cm³/mol. The Morgan fingerprint density at radius 3 is 3.00 bits per heavy atom. The molecule has 1 aliphatic heterocycles. The van der Waals surface area contributed by atoms with Crippen molar-refractivity contribution in [3.8, 4) is 11.5 Å². The molecule has 0 saturated carbocycles. The molecule has 1 aliphatic rings. The van der Waals surface area contributed by atoms with Crippen molar-refractivity contribution in [2.75, 3.05) is 18.7 Å². The van der Waals surface area contributed by atoms with Gasteiger partial charge in [0.1, 0.15) is 0 Å². The number of nitrogens with two attached hydrogens (primary N) is 1. The molecule has 0 saturated heterocycles. The fourth-order valence-corrected chi connectivity index (χ4v) is 1.44. The van der Waals surface area contributed by atoms with Crippen molar-refractivity contribution >= 4 is 22.9 Å². The van der Waals surface area contributed by atoms with Crippen LogP contribution in [0.3, 0.4) is 0 Å². The van der Waals surface area contributed by atoms with Crippen LogP contribution in [0, 0.1) is 0 Å². The minimum Gasteiger partial charge on any atom is -0.454 e. The van der Waals surface area contributed by atoms with E-state index in [1.807, 2.05) is 18.2 Å². The van der Waals surface area contributed by atoms with Gasteiger partial charge in [-0.15, -0.1) is 0 Å². The quantitative estimate of drug-likeness (QED) is 0.759. The summed E-state index contributed by atoms with van der Waals surface area (Å²) in [6.45, 7) is 1.03. The Kier molecular flexibility index (Phi) is 2.91. The van der Waals surface area contributed by atoms with Gasteiger partial charge in [-0.25, -0.2) is 0 Å². The SMILES string of the molecule is NC(=S)CCNc1ccc2c(c1)OCO2. The van der Waals surface area contributed by atoms with Gasteiger partial charge in [-0.3, -0.25) is 0 Å². The molecule has 1 heterocycles. The fraction of sp³-hybridized carbons (Fsp3) is 0.300. The third-order valence-electron chi connectivity index (χ3n) is 2.07. The summed E-state index contributed by atoms with van der Waals surface area (Å²) in [4.78, 5) is 0.517. The van der Waals surface area contributed by atoms with E-state index in [4.69, 9.17) is 27.4 Å². The van der Waals surface area contributed by atoms with Crippen LogP contribution in [-0.2, 0) is 0 Å². The van der Waals surface area contributed by atoms with Gasteiger partial charge < -0.3 is 20.5 Å². The zero-order chi connectivity index (χ0) is 10.7. The van der Waals surface area contributed by atoms with Gasteiger partial charge in [0.2, 0.25) is 6.79 Å². The summed E-state index contributed by atoms with van der Waals surface area (Å²) >= 11 is 4.78. The van der Waals surface area contributed by atoms with E-state index in [1.54, 1.807) is 0 Å². The number of nitrogens with one attached hydrogen (secondary N) is 1. The molecule has 80 valence electrons. The molecule has 0 radical (unpaired) electrons. The number of benzene rings is 1. The van der Waals surface area contributed by atoms with Crippen LogP contribution in [0.15, 0.2) is 18.2 Å². The molecule has 0 aliphatic carbocycles. The zero-order valence-electron chi connectivity index (χ0n) is 8.16. The highest BCUT2D eigenvalue weighted by Crippen LogP contribution is 2.34. The number of anilines is 1. The van der Waals surface area contributed by atoms with E-state index in [1.165, 1.54) is 0 Å². The monoisotopic (exact) mass is 224 g/mol. The highest BCUT2D eigenvalue weighted by Gasteiger charge is 2.12. The molecule has 15 heavy (non-hydrogen) atoms. The Bertz CT molecular complexity index is 382. The zero-order valence-corrected chi connectivity index (χ0v) is 8.97. The van der Waals surface area contributed by atoms with E-state index in [0.717, 1.165) is 23.7 Å². The summed E-state index contributed by atoms with van der Waals surface area (Å²) in [7, 11) is 0. The molecule has 0 atom stereocenters. The summed E-state index contributed by atoms with van der Waals surface area (Å²) in [5, 5.41) is 3.20. The molecule has 4 nitrogen and oxygen atoms in total. The molecule has 0 aromatic heterocycles. The second-order valence-corrected chi connectivity index (χ2v) is 3.74. The summed E-state index contributed by atoms with van der Waals surface area (Å²) in [5.74, 6) is 1.56. The number of rotatable bonds is 4. The molecule has 0 spiro atoms. The molecule has 0 amide bonds. The second kappa shape index (κ2) is 4.35. The van der Waals surface area contributed by atoms with E-state index < -0.39 is 0 Å². The number of thiocarbonyl (C=S) groups is 1. The lowest BCUT2D eigenvalue weighted by atomic mass is 10.2. The van der Waals surface area contributed by atoms with Crippen molar-refractivity contribution in [1.82, 2.24) is 0 Å². The van der Waals surface area contributed by atoms with Crippen LogP contribution in [0.2, 0.25) is 0 Å². The van der Waals surface area contributed by atoms with E-state index in [9.17, 15) is 0 Å². The number of hydrogen-bond acceptors (Lipinski definition) is 4. The molecule has 0 unspecified atom stereocenters. The molecule has 0 fully saturated rings. The van der Waals surface area contributed by atoms with Crippen molar-refractivity contribution in [3.63, 3.8) is 0 Å². The molecular formula is C10H12N2O2S. The molecule has 0 bridgehead atoms. The largest absolute Gasteiger partial charge is 0.454 e. The van der Waals surface area contributed by atoms with Gasteiger partial charge in [0, 0.05) is 24.7 Å². The van der Waals surface area contributed by atoms with Crippen molar-refractivity contribution in [1.29, 1.82) is 0 Å². The maximum atomic E-state index is 5.39. The maximum Gasteiger partial charge on any atom is 0.231 e. The van der Waals surface area contributed by atoms with Gasteiger partial charge in [0.05, 0.1) is 4.99 Å². The summed E-state index contributed by atoms with van der Waals surface area (Å²) < 4.78 is 10.5. The average molecular weight is 224 g/mol. The van der Waals surface area contributed by atoms with Gasteiger partial charge in [-0.2, -0.15) is 0 Å². The first-order chi connectivity index (χ1) is 7.25. The Balaban J connectivity index is 1.95. The van der Waals surface area contributed by atoms with Crippen molar-refractivity contribution in [2.24, 2.45) is 5.73 Å². The van der Waals surface area contributed by atoms with Crippen LogP contribution in [0.1, 0.15) is 6.42 Å². The number of ether oxygens (including phenoxy) is 2. The molecule has 1 aromatic rings. The molecular weight excluding hydrogens is 212 g/mol. The van der Waals surface area contributed by atoms with Crippen LogP contribution in [0.5, 0.6) is 11.5 Å². The predicted octanol–water partition coefficient (Wildman–Crippen LogP) is 1.50. The number of fused-ring (bicyclic) bond motifs is 1. The van der Waals surface area contributed by atoms with E-state index >= 15 is 0 Å². The van der Waals surface area contributed by atoms with Crippen LogP contribution in [0.25, 0.3) is 0 Å². The van der Waals surface area contributed by atoms with Crippen molar-refractivity contribution < 1.29 is 9.47 Å². The maximum absolute atomic E-state index is 5.39. The molecule has 3 N–H and O–H groups in total. The third-order valence-corrected chi connectivity index (χ3v) is 2.28. The van der Waals surface area contributed by atoms with Crippen LogP contribution in [-0.4, -0.2) is 18.3 Å². The highest BCUT2D eigenvalue weighted by atomic mass is 32.1. The normalized spacial score (nSPS) is 12.5. The lowest BCUT2D eigenvalue weighted by Gasteiger charge is -2.06. The topological polar surface area (TPSA) is 56.5 Å². The van der Waals surface area contributed by atoms with Crippen LogP contribution in [0.4, 0.5) is 5.69 Å². The van der Waals surface area contributed by atoms with Gasteiger partial charge in [-0.05, 0) is 12.1 Å². The van der Waals surface area contributed by atoms with E-state index in [0.29, 0.717) is 18.2 Å². The fourth-order valence-electron chi connectivity index (χ4n) is 1.34. The summed E-state index contributed by atoms with van der Waals surface area (Å²) in [5.41, 5.74) is 6.38. The first kappa shape index (κ1) is 10.0. The Morgan fingerprint density at radius 2 is 2.20 bits per heavy atom. The number of hydrogen-bond donors (Lipinski definition) is 2. The van der Waals surface area contributed by atoms with Gasteiger partial charge in [0.25, 0.3) is 0 Å².